The molecular weight excluding hydrogens is 464 g/mol. The molecule has 3 rings (SSSR count). The zero-order chi connectivity index (χ0) is 25.4. The predicted octanol–water partition coefficient (Wildman–Crippen LogP) is 5.06. The van der Waals surface area contributed by atoms with Gasteiger partial charge in [0.05, 0.1) is 0 Å². The Morgan fingerprint density at radius 1 is 0.971 bits per heavy atom. The quantitative estimate of drug-likeness (QED) is 0.436. The van der Waals surface area contributed by atoms with E-state index in [1.807, 2.05) is 39.0 Å². The third-order valence-corrected chi connectivity index (χ3v) is 5.42. The van der Waals surface area contributed by atoms with Crippen molar-refractivity contribution >= 4 is 40.8 Å². The molecule has 0 aliphatic rings. The molecule has 0 aliphatic heterocycles. The molecule has 0 spiro atoms. The van der Waals surface area contributed by atoms with Gasteiger partial charge in [0.25, 0.3) is 0 Å². The summed E-state index contributed by atoms with van der Waals surface area (Å²) in [6, 6.07) is 18.3. The number of amides is 3. The van der Waals surface area contributed by atoms with E-state index in [1.54, 1.807) is 54.7 Å². The summed E-state index contributed by atoms with van der Waals surface area (Å²) in [6.07, 6.45) is 1.42. The molecule has 7 nitrogen and oxygen atoms in total. The highest BCUT2D eigenvalue weighted by Gasteiger charge is 2.33. The van der Waals surface area contributed by atoms with Crippen molar-refractivity contribution in [2.45, 2.75) is 45.7 Å². The lowest BCUT2D eigenvalue weighted by Crippen LogP contribution is -2.46. The van der Waals surface area contributed by atoms with Crippen molar-refractivity contribution in [3.05, 3.63) is 89.1 Å². The molecule has 1 atom stereocenters. The number of hydrogen-bond acceptors (Lipinski definition) is 4. The summed E-state index contributed by atoms with van der Waals surface area (Å²) >= 11 is 6.08. The van der Waals surface area contributed by atoms with Crippen LogP contribution in [0.15, 0.2) is 72.9 Å². The van der Waals surface area contributed by atoms with E-state index in [2.05, 4.69) is 15.6 Å². The van der Waals surface area contributed by atoms with Crippen LogP contribution in [0.25, 0.3) is 0 Å². The Balaban J connectivity index is 1.93. The minimum Gasteiger partial charge on any atom is -0.352 e. The number of rotatable bonds is 9. The van der Waals surface area contributed by atoms with Crippen molar-refractivity contribution < 1.29 is 14.4 Å². The number of aromatic nitrogens is 1. The maximum atomic E-state index is 13.6. The Hall–Kier alpha value is -3.71. The molecule has 0 aliphatic carbocycles. The molecule has 1 aromatic heterocycles. The molecule has 2 aromatic carbocycles. The van der Waals surface area contributed by atoms with Gasteiger partial charge in [-0.2, -0.15) is 0 Å². The number of anilines is 2. The van der Waals surface area contributed by atoms with E-state index in [-0.39, 0.29) is 36.6 Å². The van der Waals surface area contributed by atoms with E-state index in [0.29, 0.717) is 22.1 Å². The lowest BCUT2D eigenvalue weighted by Gasteiger charge is -2.32. The molecule has 0 radical (unpaired) electrons. The van der Waals surface area contributed by atoms with Crippen LogP contribution in [0.2, 0.25) is 5.02 Å². The first-order valence-corrected chi connectivity index (χ1v) is 11.8. The van der Waals surface area contributed by atoms with Crippen LogP contribution in [0.1, 0.15) is 43.9 Å². The third kappa shape index (κ3) is 7.39. The molecule has 0 saturated carbocycles. The first kappa shape index (κ1) is 25.9. The van der Waals surface area contributed by atoms with Gasteiger partial charge in [0.1, 0.15) is 11.9 Å². The molecule has 2 N–H and O–H groups in total. The standard InChI is InChI=1S/C27H29ClN4O3/c1-18(2)30-27(35)26(20-10-12-21(28)13-11-20)32(22-8-6-7-19(3)17-22)25(34)15-14-24(33)31-23-9-4-5-16-29-23/h4-13,16-18,26H,14-15H2,1-3H3,(H,30,35)(H,29,31,33)/t26-/m0/s1. The second kappa shape index (κ2) is 12.1. The van der Waals surface area contributed by atoms with Gasteiger partial charge >= 0.3 is 0 Å². The van der Waals surface area contributed by atoms with Crippen LogP contribution in [0.4, 0.5) is 11.5 Å². The maximum Gasteiger partial charge on any atom is 0.248 e. The van der Waals surface area contributed by atoms with Gasteiger partial charge in [0.2, 0.25) is 17.7 Å². The van der Waals surface area contributed by atoms with Crippen molar-refractivity contribution in [2.24, 2.45) is 0 Å². The average molecular weight is 493 g/mol. The van der Waals surface area contributed by atoms with Crippen molar-refractivity contribution in [2.75, 3.05) is 10.2 Å². The average Bonchev–Trinajstić information content (AvgIpc) is 2.82. The number of nitrogens with one attached hydrogen (secondary N) is 2. The summed E-state index contributed by atoms with van der Waals surface area (Å²) in [6.45, 7) is 5.63. The highest BCUT2D eigenvalue weighted by atomic mass is 35.5. The normalized spacial score (nSPS) is 11.6. The van der Waals surface area contributed by atoms with Crippen LogP contribution >= 0.6 is 11.6 Å². The number of carbonyl (C=O) groups excluding carboxylic acids is 3. The van der Waals surface area contributed by atoms with Crippen LogP contribution in [0.3, 0.4) is 0 Å². The number of halogens is 1. The number of hydrogen-bond donors (Lipinski definition) is 2. The fourth-order valence-corrected chi connectivity index (χ4v) is 3.75. The fraction of sp³-hybridized carbons (Fsp3) is 0.259. The molecule has 3 amide bonds. The topological polar surface area (TPSA) is 91.4 Å². The second-order valence-corrected chi connectivity index (χ2v) is 8.92. The molecule has 8 heteroatoms. The third-order valence-electron chi connectivity index (χ3n) is 5.17. The second-order valence-electron chi connectivity index (χ2n) is 8.48. The summed E-state index contributed by atoms with van der Waals surface area (Å²) in [5.74, 6) is -0.604. The Morgan fingerprint density at radius 2 is 1.71 bits per heavy atom. The van der Waals surface area contributed by atoms with Crippen molar-refractivity contribution in [3.8, 4) is 0 Å². The van der Waals surface area contributed by atoms with Gasteiger partial charge in [0, 0.05) is 35.8 Å². The monoisotopic (exact) mass is 492 g/mol. The van der Waals surface area contributed by atoms with Gasteiger partial charge in [-0.15, -0.1) is 0 Å². The van der Waals surface area contributed by atoms with Gasteiger partial charge in [-0.05, 0) is 68.3 Å². The lowest BCUT2D eigenvalue weighted by atomic mass is 10.0. The molecule has 182 valence electrons. The van der Waals surface area contributed by atoms with Gasteiger partial charge in [-0.1, -0.05) is 41.9 Å². The lowest BCUT2D eigenvalue weighted by molar-refractivity contribution is -0.127. The molecule has 0 unspecified atom stereocenters. The van der Waals surface area contributed by atoms with E-state index in [9.17, 15) is 14.4 Å². The SMILES string of the molecule is Cc1cccc(N(C(=O)CCC(=O)Nc2ccccn2)[C@H](C(=O)NC(C)C)c2ccc(Cl)cc2)c1. The zero-order valence-electron chi connectivity index (χ0n) is 20.0. The van der Waals surface area contributed by atoms with E-state index in [4.69, 9.17) is 11.6 Å². The molecule has 3 aromatic rings. The van der Waals surface area contributed by atoms with Crippen molar-refractivity contribution in [1.29, 1.82) is 0 Å². The number of carbonyl (C=O) groups is 3. The molecule has 0 fully saturated rings. The van der Waals surface area contributed by atoms with Crippen molar-refractivity contribution in [3.63, 3.8) is 0 Å². The zero-order valence-corrected chi connectivity index (χ0v) is 20.8. The van der Waals surface area contributed by atoms with Crippen LogP contribution < -0.4 is 15.5 Å². The molecular formula is C27H29ClN4O3. The largest absolute Gasteiger partial charge is 0.352 e. The van der Waals surface area contributed by atoms with Gasteiger partial charge in [-0.3, -0.25) is 19.3 Å². The highest BCUT2D eigenvalue weighted by Crippen LogP contribution is 2.30. The smallest absolute Gasteiger partial charge is 0.248 e. The van der Waals surface area contributed by atoms with Gasteiger partial charge < -0.3 is 10.6 Å². The Morgan fingerprint density at radius 3 is 2.34 bits per heavy atom. The van der Waals surface area contributed by atoms with E-state index >= 15 is 0 Å². The first-order valence-electron chi connectivity index (χ1n) is 11.4. The molecule has 1 heterocycles. The highest BCUT2D eigenvalue weighted by molar-refractivity contribution is 6.30. The van der Waals surface area contributed by atoms with Crippen LogP contribution in [-0.4, -0.2) is 28.7 Å². The summed E-state index contributed by atoms with van der Waals surface area (Å²) in [5.41, 5.74) is 2.12. The molecule has 35 heavy (non-hydrogen) atoms. The van der Waals surface area contributed by atoms with Crippen LogP contribution in [0, 0.1) is 6.92 Å². The van der Waals surface area contributed by atoms with E-state index in [1.165, 1.54) is 4.90 Å². The number of benzene rings is 2. The first-order chi connectivity index (χ1) is 16.7. The maximum absolute atomic E-state index is 13.6. The minimum atomic E-state index is -0.942. The number of nitrogens with zero attached hydrogens (tertiary/aromatic N) is 2. The Bertz CT molecular complexity index is 1170. The van der Waals surface area contributed by atoms with E-state index in [0.717, 1.165) is 5.56 Å². The Kier molecular flexibility index (Phi) is 8.98. The van der Waals surface area contributed by atoms with E-state index < -0.39 is 6.04 Å². The minimum absolute atomic E-state index is 0.0587. The molecule has 0 bridgehead atoms. The summed E-state index contributed by atoms with van der Waals surface area (Å²) in [7, 11) is 0. The van der Waals surface area contributed by atoms with Gasteiger partial charge in [0.15, 0.2) is 0 Å². The Labute approximate surface area is 210 Å². The summed E-state index contributed by atoms with van der Waals surface area (Å²) < 4.78 is 0. The number of aryl methyl sites for hydroxylation is 1. The van der Waals surface area contributed by atoms with Gasteiger partial charge in [-0.25, -0.2) is 4.98 Å². The summed E-state index contributed by atoms with van der Waals surface area (Å²) in [4.78, 5) is 45.0. The van der Waals surface area contributed by atoms with Crippen molar-refractivity contribution in [1.82, 2.24) is 10.3 Å². The number of pyridine rings is 1. The van der Waals surface area contributed by atoms with Crippen LogP contribution in [0.5, 0.6) is 0 Å². The fourth-order valence-electron chi connectivity index (χ4n) is 3.62. The predicted molar refractivity (Wildman–Crippen MR) is 138 cm³/mol. The summed E-state index contributed by atoms with van der Waals surface area (Å²) in [5, 5.41) is 6.13. The van der Waals surface area contributed by atoms with Crippen LogP contribution in [-0.2, 0) is 14.4 Å². The molecule has 0 saturated heterocycles.